The molecule has 1 fully saturated rings. The number of hydrogen-bond donors (Lipinski definition) is 1. The second kappa shape index (κ2) is 6.32. The van der Waals surface area contributed by atoms with Gasteiger partial charge in [0.15, 0.2) is 0 Å². The van der Waals surface area contributed by atoms with E-state index in [0.29, 0.717) is 19.6 Å². The molecule has 1 aromatic carbocycles. The average molecular weight is 351 g/mol. The standard InChI is InChI=1S/C16H21N3O2S2/c1-11-12(2)22-16(18-11)23(20,21)19-9-14(8-17)15(10-19)13-6-4-3-5-7-13/h3-7,14-15H,8-10,17H2,1-2H3/t14-,15+/m1/s1. The zero-order valence-electron chi connectivity index (χ0n) is 13.3. The molecule has 124 valence electrons. The molecule has 0 aliphatic carbocycles. The molecule has 2 heterocycles. The molecule has 0 amide bonds. The average Bonchev–Trinajstić information content (AvgIpc) is 3.13. The number of nitrogens with zero attached hydrogens (tertiary/aromatic N) is 2. The largest absolute Gasteiger partial charge is 0.330 e. The van der Waals surface area contributed by atoms with Gasteiger partial charge in [0.1, 0.15) is 0 Å². The first-order valence-electron chi connectivity index (χ1n) is 7.62. The van der Waals surface area contributed by atoms with Crippen molar-refractivity contribution in [2.24, 2.45) is 11.7 Å². The quantitative estimate of drug-likeness (QED) is 0.915. The van der Waals surface area contributed by atoms with Crippen LogP contribution in [0.1, 0.15) is 22.1 Å². The van der Waals surface area contributed by atoms with Crippen molar-refractivity contribution in [1.82, 2.24) is 9.29 Å². The van der Waals surface area contributed by atoms with Crippen LogP contribution in [0, 0.1) is 19.8 Å². The summed E-state index contributed by atoms with van der Waals surface area (Å²) >= 11 is 1.24. The summed E-state index contributed by atoms with van der Waals surface area (Å²) in [5.74, 6) is 0.271. The monoisotopic (exact) mass is 351 g/mol. The molecule has 1 aliphatic heterocycles. The highest BCUT2D eigenvalue weighted by molar-refractivity contribution is 7.91. The molecule has 0 spiro atoms. The van der Waals surface area contributed by atoms with E-state index in [1.807, 2.05) is 44.2 Å². The van der Waals surface area contributed by atoms with Gasteiger partial charge in [0.25, 0.3) is 10.0 Å². The van der Waals surface area contributed by atoms with Crippen molar-refractivity contribution in [2.45, 2.75) is 24.1 Å². The van der Waals surface area contributed by atoms with Crippen LogP contribution in [0.5, 0.6) is 0 Å². The summed E-state index contributed by atoms with van der Waals surface area (Å²) in [4.78, 5) is 5.18. The molecule has 7 heteroatoms. The number of rotatable bonds is 4. The number of sulfonamides is 1. The third kappa shape index (κ3) is 3.06. The zero-order valence-corrected chi connectivity index (χ0v) is 14.9. The molecule has 0 saturated carbocycles. The van der Waals surface area contributed by atoms with E-state index in [0.717, 1.165) is 16.1 Å². The van der Waals surface area contributed by atoms with Crippen molar-refractivity contribution in [3.05, 3.63) is 46.5 Å². The van der Waals surface area contributed by atoms with Crippen molar-refractivity contribution in [3.63, 3.8) is 0 Å². The molecule has 23 heavy (non-hydrogen) atoms. The molecule has 0 unspecified atom stereocenters. The molecule has 2 N–H and O–H groups in total. The molecule has 5 nitrogen and oxygen atoms in total. The van der Waals surface area contributed by atoms with E-state index in [4.69, 9.17) is 5.73 Å². The van der Waals surface area contributed by atoms with Crippen molar-refractivity contribution in [2.75, 3.05) is 19.6 Å². The van der Waals surface area contributed by atoms with Crippen LogP contribution in [0.15, 0.2) is 34.7 Å². The van der Waals surface area contributed by atoms with Crippen LogP contribution >= 0.6 is 11.3 Å². The maximum absolute atomic E-state index is 12.9. The Kier molecular flexibility index (Phi) is 4.55. The molecule has 1 aromatic heterocycles. The van der Waals surface area contributed by atoms with Crippen molar-refractivity contribution < 1.29 is 8.42 Å². The Morgan fingerprint density at radius 1 is 1.26 bits per heavy atom. The van der Waals surface area contributed by atoms with E-state index in [2.05, 4.69) is 4.98 Å². The van der Waals surface area contributed by atoms with Gasteiger partial charge >= 0.3 is 0 Å². The fourth-order valence-electron chi connectivity index (χ4n) is 3.01. The van der Waals surface area contributed by atoms with Gasteiger partial charge in [0.05, 0.1) is 5.69 Å². The molecule has 0 radical (unpaired) electrons. The molecular formula is C16H21N3O2S2. The summed E-state index contributed by atoms with van der Waals surface area (Å²) in [6.45, 7) is 5.12. The summed E-state index contributed by atoms with van der Waals surface area (Å²) in [5.41, 5.74) is 7.83. The first kappa shape index (κ1) is 16.6. The van der Waals surface area contributed by atoms with Gasteiger partial charge in [0.2, 0.25) is 4.34 Å². The lowest BCUT2D eigenvalue weighted by Crippen LogP contribution is -2.30. The maximum Gasteiger partial charge on any atom is 0.270 e. The van der Waals surface area contributed by atoms with Crippen LogP contribution in [0.4, 0.5) is 0 Å². The van der Waals surface area contributed by atoms with Crippen LogP contribution in [-0.4, -0.2) is 37.3 Å². The van der Waals surface area contributed by atoms with E-state index in [1.165, 1.54) is 11.3 Å². The van der Waals surface area contributed by atoms with E-state index < -0.39 is 10.0 Å². The van der Waals surface area contributed by atoms with E-state index >= 15 is 0 Å². The second-order valence-corrected chi connectivity index (χ2v) is 9.27. The number of hydrogen-bond acceptors (Lipinski definition) is 5. The molecule has 1 aliphatic rings. The van der Waals surface area contributed by atoms with Crippen LogP contribution in [0.2, 0.25) is 0 Å². The Morgan fingerprint density at radius 3 is 2.52 bits per heavy atom. The van der Waals surface area contributed by atoms with Gasteiger partial charge in [0, 0.05) is 23.9 Å². The van der Waals surface area contributed by atoms with Crippen LogP contribution in [0.25, 0.3) is 0 Å². The third-order valence-corrected chi connectivity index (χ3v) is 7.77. The number of aryl methyl sites for hydroxylation is 2. The number of thiazole rings is 1. The lowest BCUT2D eigenvalue weighted by atomic mass is 9.89. The number of benzene rings is 1. The minimum atomic E-state index is -3.54. The predicted molar refractivity (Wildman–Crippen MR) is 92.1 cm³/mol. The fourth-order valence-corrected chi connectivity index (χ4v) is 5.98. The Balaban J connectivity index is 1.90. The zero-order chi connectivity index (χ0) is 16.6. The van der Waals surface area contributed by atoms with Gasteiger partial charge in [-0.2, -0.15) is 4.31 Å². The highest BCUT2D eigenvalue weighted by Crippen LogP contribution is 2.36. The Labute approximate surface area is 141 Å². The van der Waals surface area contributed by atoms with Gasteiger partial charge in [-0.05, 0) is 31.9 Å². The predicted octanol–water partition coefficient (Wildman–Crippen LogP) is 2.12. The Bertz CT molecular complexity index is 767. The van der Waals surface area contributed by atoms with E-state index in [1.54, 1.807) is 4.31 Å². The van der Waals surface area contributed by atoms with Crippen LogP contribution in [0.3, 0.4) is 0 Å². The van der Waals surface area contributed by atoms with E-state index in [9.17, 15) is 8.42 Å². The summed E-state index contributed by atoms with van der Waals surface area (Å²) in [6, 6.07) is 10.0. The molecule has 1 saturated heterocycles. The summed E-state index contributed by atoms with van der Waals surface area (Å²) in [5, 5.41) is 0. The summed E-state index contributed by atoms with van der Waals surface area (Å²) in [6.07, 6.45) is 0. The lowest BCUT2D eigenvalue weighted by Gasteiger charge is -2.16. The van der Waals surface area contributed by atoms with Gasteiger partial charge < -0.3 is 5.73 Å². The first-order valence-corrected chi connectivity index (χ1v) is 9.88. The molecular weight excluding hydrogens is 330 g/mol. The molecule has 3 rings (SSSR count). The first-order chi connectivity index (χ1) is 10.9. The molecule has 0 bridgehead atoms. The van der Waals surface area contributed by atoms with Crippen molar-refractivity contribution in [3.8, 4) is 0 Å². The Morgan fingerprint density at radius 2 is 1.96 bits per heavy atom. The maximum atomic E-state index is 12.9. The summed E-state index contributed by atoms with van der Waals surface area (Å²) < 4.78 is 27.5. The minimum absolute atomic E-state index is 0.134. The van der Waals surface area contributed by atoms with E-state index in [-0.39, 0.29) is 16.2 Å². The second-order valence-electron chi connectivity index (χ2n) is 5.96. The van der Waals surface area contributed by atoms with Crippen LogP contribution in [-0.2, 0) is 10.0 Å². The van der Waals surface area contributed by atoms with Gasteiger partial charge in [-0.15, -0.1) is 11.3 Å². The van der Waals surface area contributed by atoms with Gasteiger partial charge in [-0.3, -0.25) is 0 Å². The molecule has 2 atom stereocenters. The number of aromatic nitrogens is 1. The topological polar surface area (TPSA) is 76.3 Å². The highest BCUT2D eigenvalue weighted by Gasteiger charge is 2.40. The number of nitrogens with two attached hydrogens (primary N) is 1. The lowest BCUT2D eigenvalue weighted by molar-refractivity contribution is 0.458. The normalized spacial score (nSPS) is 22.6. The smallest absolute Gasteiger partial charge is 0.270 e. The SMILES string of the molecule is Cc1nc(S(=O)(=O)N2C[C@@H](CN)[C@H](c3ccccc3)C2)sc1C. The van der Waals surface area contributed by atoms with Gasteiger partial charge in [-0.25, -0.2) is 13.4 Å². The fraction of sp³-hybridized carbons (Fsp3) is 0.438. The van der Waals surface area contributed by atoms with Crippen molar-refractivity contribution >= 4 is 21.4 Å². The summed E-state index contributed by atoms with van der Waals surface area (Å²) in [7, 11) is -3.54. The van der Waals surface area contributed by atoms with Crippen LogP contribution < -0.4 is 5.73 Å². The minimum Gasteiger partial charge on any atom is -0.330 e. The highest BCUT2D eigenvalue weighted by atomic mass is 32.2. The third-order valence-electron chi connectivity index (χ3n) is 4.51. The van der Waals surface area contributed by atoms with Crippen molar-refractivity contribution in [1.29, 1.82) is 0 Å². The molecule has 2 aromatic rings. The Hall–Kier alpha value is -1.28. The van der Waals surface area contributed by atoms with Gasteiger partial charge in [-0.1, -0.05) is 30.3 Å².